The third-order valence-corrected chi connectivity index (χ3v) is 3.34. The summed E-state index contributed by atoms with van der Waals surface area (Å²) in [5.74, 6) is 0.627. The molecule has 0 aromatic heterocycles. The number of ether oxygens (including phenoxy) is 3. The molecule has 0 spiro atoms. The fourth-order valence-electron chi connectivity index (χ4n) is 2.13. The Morgan fingerprint density at radius 1 is 1.00 bits per heavy atom. The predicted molar refractivity (Wildman–Crippen MR) is 83.7 cm³/mol. The summed E-state index contributed by atoms with van der Waals surface area (Å²) in [7, 11) is 4.53. The number of carbonyl (C=O) groups excluding carboxylic acids is 1. The van der Waals surface area contributed by atoms with E-state index in [0.717, 1.165) is 11.6 Å². The van der Waals surface area contributed by atoms with Crippen molar-refractivity contribution >= 4 is 5.91 Å². The summed E-state index contributed by atoms with van der Waals surface area (Å²) in [6.45, 7) is 0.228. The fourth-order valence-corrected chi connectivity index (χ4v) is 2.13. The van der Waals surface area contributed by atoms with Gasteiger partial charge in [0.1, 0.15) is 23.1 Å². The van der Waals surface area contributed by atoms with E-state index in [2.05, 4.69) is 5.32 Å². The molecule has 0 aliphatic carbocycles. The standard InChI is InChI=1S/C17H18FNO4/c1-21-13-6-4-11(16(9-13)23-3)10-19-17(20)14-8-12(18)5-7-15(14)22-2/h4-9H,10H2,1-3H3,(H,19,20). The third kappa shape index (κ3) is 3.91. The molecule has 0 saturated heterocycles. The third-order valence-electron chi connectivity index (χ3n) is 3.34. The van der Waals surface area contributed by atoms with E-state index >= 15 is 0 Å². The average Bonchev–Trinajstić information content (AvgIpc) is 2.59. The van der Waals surface area contributed by atoms with Gasteiger partial charge in [-0.15, -0.1) is 0 Å². The van der Waals surface area contributed by atoms with Gasteiger partial charge in [0, 0.05) is 18.2 Å². The fraction of sp³-hybridized carbons (Fsp3) is 0.235. The minimum Gasteiger partial charge on any atom is -0.497 e. The minimum absolute atomic E-state index is 0.139. The number of hydrogen-bond donors (Lipinski definition) is 1. The summed E-state index contributed by atoms with van der Waals surface area (Å²) < 4.78 is 28.8. The predicted octanol–water partition coefficient (Wildman–Crippen LogP) is 2.78. The zero-order valence-electron chi connectivity index (χ0n) is 13.2. The van der Waals surface area contributed by atoms with E-state index in [4.69, 9.17) is 14.2 Å². The summed E-state index contributed by atoms with van der Waals surface area (Å²) in [5.41, 5.74) is 0.914. The van der Waals surface area contributed by atoms with Crippen LogP contribution in [0.2, 0.25) is 0 Å². The smallest absolute Gasteiger partial charge is 0.255 e. The molecular weight excluding hydrogens is 301 g/mol. The molecule has 2 aromatic rings. The van der Waals surface area contributed by atoms with Crippen LogP contribution in [0, 0.1) is 5.82 Å². The molecular formula is C17H18FNO4. The first-order chi connectivity index (χ1) is 11.1. The van der Waals surface area contributed by atoms with Crippen molar-refractivity contribution in [2.45, 2.75) is 6.54 Å². The Balaban J connectivity index is 2.15. The largest absolute Gasteiger partial charge is 0.497 e. The molecule has 1 N–H and O–H groups in total. The summed E-state index contributed by atoms with van der Waals surface area (Å²) >= 11 is 0. The van der Waals surface area contributed by atoms with Crippen LogP contribution in [0.4, 0.5) is 4.39 Å². The van der Waals surface area contributed by atoms with Crippen LogP contribution < -0.4 is 19.5 Å². The molecule has 5 nitrogen and oxygen atoms in total. The molecule has 23 heavy (non-hydrogen) atoms. The van der Waals surface area contributed by atoms with Crippen molar-refractivity contribution in [2.24, 2.45) is 0 Å². The highest BCUT2D eigenvalue weighted by Crippen LogP contribution is 2.25. The second-order valence-corrected chi connectivity index (χ2v) is 4.71. The van der Waals surface area contributed by atoms with Crippen molar-refractivity contribution in [3.63, 3.8) is 0 Å². The van der Waals surface area contributed by atoms with Crippen LogP contribution in [0.15, 0.2) is 36.4 Å². The van der Waals surface area contributed by atoms with Gasteiger partial charge in [-0.25, -0.2) is 4.39 Å². The van der Waals surface area contributed by atoms with Gasteiger partial charge in [0.2, 0.25) is 0 Å². The van der Waals surface area contributed by atoms with Crippen molar-refractivity contribution in [3.8, 4) is 17.2 Å². The van der Waals surface area contributed by atoms with Crippen LogP contribution in [0.3, 0.4) is 0 Å². The molecule has 0 aliphatic rings. The maximum Gasteiger partial charge on any atom is 0.255 e. The second-order valence-electron chi connectivity index (χ2n) is 4.71. The molecule has 0 aliphatic heterocycles. The van der Waals surface area contributed by atoms with Crippen LogP contribution in [-0.2, 0) is 6.54 Å². The number of nitrogens with one attached hydrogen (secondary N) is 1. The van der Waals surface area contributed by atoms with E-state index in [1.165, 1.54) is 26.4 Å². The van der Waals surface area contributed by atoms with E-state index in [-0.39, 0.29) is 12.1 Å². The van der Waals surface area contributed by atoms with Crippen molar-refractivity contribution in [1.29, 1.82) is 0 Å². The van der Waals surface area contributed by atoms with E-state index in [1.807, 2.05) is 0 Å². The lowest BCUT2D eigenvalue weighted by molar-refractivity contribution is 0.0947. The maximum atomic E-state index is 13.3. The van der Waals surface area contributed by atoms with Crippen molar-refractivity contribution < 1.29 is 23.4 Å². The SMILES string of the molecule is COc1ccc(CNC(=O)c2cc(F)ccc2OC)c(OC)c1. The number of rotatable bonds is 6. The first-order valence-corrected chi connectivity index (χ1v) is 6.91. The van der Waals surface area contributed by atoms with Gasteiger partial charge in [0.15, 0.2) is 0 Å². The van der Waals surface area contributed by atoms with Crippen LogP contribution in [-0.4, -0.2) is 27.2 Å². The molecule has 2 rings (SSSR count). The molecule has 0 saturated carbocycles. The Morgan fingerprint density at radius 2 is 1.74 bits per heavy atom. The number of methoxy groups -OCH3 is 3. The maximum absolute atomic E-state index is 13.3. The summed E-state index contributed by atoms with van der Waals surface area (Å²) in [6.07, 6.45) is 0. The van der Waals surface area contributed by atoms with Gasteiger partial charge in [-0.05, 0) is 30.3 Å². The molecule has 0 unspecified atom stereocenters. The second kappa shape index (κ2) is 7.49. The highest BCUT2D eigenvalue weighted by Gasteiger charge is 2.14. The Labute approximate surface area is 134 Å². The van der Waals surface area contributed by atoms with Crippen molar-refractivity contribution in [3.05, 3.63) is 53.3 Å². The molecule has 0 radical (unpaired) electrons. The Hall–Kier alpha value is -2.76. The number of hydrogen-bond acceptors (Lipinski definition) is 4. The lowest BCUT2D eigenvalue weighted by Gasteiger charge is -2.12. The molecule has 2 aromatic carbocycles. The number of carbonyl (C=O) groups is 1. The summed E-state index contributed by atoms with van der Waals surface area (Å²) in [6, 6.07) is 9.08. The van der Waals surface area contributed by atoms with Crippen molar-refractivity contribution in [1.82, 2.24) is 5.32 Å². The molecule has 0 atom stereocenters. The first kappa shape index (κ1) is 16.6. The van der Waals surface area contributed by atoms with E-state index < -0.39 is 11.7 Å². The van der Waals surface area contributed by atoms with Gasteiger partial charge in [-0.2, -0.15) is 0 Å². The quantitative estimate of drug-likeness (QED) is 0.889. The van der Waals surface area contributed by atoms with Crippen LogP contribution in [0.1, 0.15) is 15.9 Å². The lowest BCUT2D eigenvalue weighted by Crippen LogP contribution is -2.23. The van der Waals surface area contributed by atoms with Gasteiger partial charge in [0.05, 0.1) is 26.9 Å². The molecule has 1 amide bonds. The van der Waals surface area contributed by atoms with Crippen LogP contribution in [0.5, 0.6) is 17.2 Å². The Kier molecular flexibility index (Phi) is 5.41. The zero-order chi connectivity index (χ0) is 16.8. The molecule has 6 heteroatoms. The number of amides is 1. The Morgan fingerprint density at radius 3 is 2.39 bits per heavy atom. The first-order valence-electron chi connectivity index (χ1n) is 6.91. The van der Waals surface area contributed by atoms with Crippen LogP contribution >= 0.6 is 0 Å². The zero-order valence-corrected chi connectivity index (χ0v) is 13.2. The molecule has 122 valence electrons. The normalized spacial score (nSPS) is 10.1. The van der Waals surface area contributed by atoms with Crippen molar-refractivity contribution in [2.75, 3.05) is 21.3 Å². The Bertz CT molecular complexity index is 703. The highest BCUT2D eigenvalue weighted by molar-refractivity contribution is 5.96. The average molecular weight is 319 g/mol. The minimum atomic E-state index is -0.502. The number of halogens is 1. The van der Waals surface area contributed by atoms with Crippen LogP contribution in [0.25, 0.3) is 0 Å². The molecule has 0 fully saturated rings. The van der Waals surface area contributed by atoms with E-state index in [1.54, 1.807) is 25.3 Å². The summed E-state index contributed by atoms with van der Waals surface area (Å²) in [4.78, 5) is 12.2. The van der Waals surface area contributed by atoms with Gasteiger partial charge in [0.25, 0.3) is 5.91 Å². The van der Waals surface area contributed by atoms with E-state index in [0.29, 0.717) is 17.2 Å². The monoisotopic (exact) mass is 319 g/mol. The lowest BCUT2D eigenvalue weighted by atomic mass is 10.1. The molecule has 0 heterocycles. The van der Waals surface area contributed by atoms with Gasteiger partial charge in [-0.1, -0.05) is 0 Å². The topological polar surface area (TPSA) is 56.8 Å². The molecule has 0 bridgehead atoms. The highest BCUT2D eigenvalue weighted by atomic mass is 19.1. The van der Waals surface area contributed by atoms with Gasteiger partial charge < -0.3 is 19.5 Å². The number of benzene rings is 2. The van der Waals surface area contributed by atoms with Gasteiger partial charge in [-0.3, -0.25) is 4.79 Å². The van der Waals surface area contributed by atoms with E-state index in [9.17, 15) is 9.18 Å². The van der Waals surface area contributed by atoms with Gasteiger partial charge >= 0.3 is 0 Å². The summed E-state index contributed by atoms with van der Waals surface area (Å²) in [5, 5.41) is 2.72.